The summed E-state index contributed by atoms with van der Waals surface area (Å²) >= 11 is 0. The summed E-state index contributed by atoms with van der Waals surface area (Å²) in [4.78, 5) is 0. The zero-order valence-corrected chi connectivity index (χ0v) is 10.5. The first-order valence-corrected chi connectivity index (χ1v) is 6.14. The van der Waals surface area contributed by atoms with E-state index in [4.69, 9.17) is 0 Å². The van der Waals surface area contributed by atoms with E-state index in [1.54, 1.807) is 12.1 Å². The van der Waals surface area contributed by atoms with Gasteiger partial charge in [0, 0.05) is 29.7 Å². The lowest BCUT2D eigenvalue weighted by Crippen LogP contribution is -1.98. The van der Waals surface area contributed by atoms with Crippen LogP contribution in [0.1, 0.15) is 17.2 Å². The number of aryl methyl sites for hydroxylation is 1. The Kier molecular flexibility index (Phi) is 2.84. The molecule has 19 heavy (non-hydrogen) atoms. The van der Waals surface area contributed by atoms with E-state index in [1.165, 1.54) is 12.1 Å². The SMILES string of the molecule is Cn1cc(C(O)c2ccc(F)cc2)c2ccccc21. The zero-order valence-electron chi connectivity index (χ0n) is 10.5. The molecular formula is C16H14FNO. The van der Waals surface area contributed by atoms with Gasteiger partial charge in [-0.3, -0.25) is 0 Å². The van der Waals surface area contributed by atoms with Gasteiger partial charge in [0.15, 0.2) is 0 Å². The second kappa shape index (κ2) is 4.52. The number of halogens is 1. The predicted molar refractivity (Wildman–Crippen MR) is 73.4 cm³/mol. The number of rotatable bonds is 2. The fourth-order valence-corrected chi connectivity index (χ4v) is 2.42. The fraction of sp³-hybridized carbons (Fsp3) is 0.125. The molecule has 0 saturated carbocycles. The highest BCUT2D eigenvalue weighted by Crippen LogP contribution is 2.30. The molecule has 0 aliphatic heterocycles. The molecule has 0 aliphatic carbocycles. The molecule has 1 unspecified atom stereocenters. The number of aromatic nitrogens is 1. The molecule has 3 aromatic rings. The summed E-state index contributed by atoms with van der Waals surface area (Å²) < 4.78 is 14.9. The summed E-state index contributed by atoms with van der Waals surface area (Å²) in [5, 5.41) is 11.5. The highest BCUT2D eigenvalue weighted by molar-refractivity contribution is 5.84. The van der Waals surface area contributed by atoms with Crippen molar-refractivity contribution in [1.82, 2.24) is 4.57 Å². The van der Waals surface area contributed by atoms with E-state index in [0.29, 0.717) is 5.56 Å². The molecule has 0 fully saturated rings. The van der Waals surface area contributed by atoms with Crippen molar-refractivity contribution >= 4 is 10.9 Å². The highest BCUT2D eigenvalue weighted by Gasteiger charge is 2.16. The Morgan fingerprint density at radius 2 is 1.74 bits per heavy atom. The van der Waals surface area contributed by atoms with E-state index in [0.717, 1.165) is 16.5 Å². The van der Waals surface area contributed by atoms with Crippen LogP contribution in [0.2, 0.25) is 0 Å². The molecule has 1 N–H and O–H groups in total. The first-order valence-electron chi connectivity index (χ1n) is 6.14. The van der Waals surface area contributed by atoms with Crippen molar-refractivity contribution in [1.29, 1.82) is 0 Å². The Hall–Kier alpha value is -2.13. The average Bonchev–Trinajstić information content (AvgIpc) is 2.77. The van der Waals surface area contributed by atoms with Crippen LogP contribution in [0.3, 0.4) is 0 Å². The van der Waals surface area contributed by atoms with E-state index in [1.807, 2.05) is 42.1 Å². The van der Waals surface area contributed by atoms with Crippen molar-refractivity contribution in [3.05, 3.63) is 71.7 Å². The summed E-state index contributed by atoms with van der Waals surface area (Å²) in [6.45, 7) is 0. The molecule has 1 heterocycles. The lowest BCUT2D eigenvalue weighted by Gasteiger charge is -2.10. The molecule has 0 radical (unpaired) electrons. The maximum atomic E-state index is 12.9. The molecule has 0 spiro atoms. The summed E-state index contributed by atoms with van der Waals surface area (Å²) in [5.41, 5.74) is 2.60. The predicted octanol–water partition coefficient (Wildman–Crippen LogP) is 3.40. The van der Waals surface area contributed by atoms with E-state index in [9.17, 15) is 9.50 Å². The molecule has 2 nitrogen and oxygen atoms in total. The average molecular weight is 255 g/mol. The van der Waals surface area contributed by atoms with Crippen molar-refractivity contribution in [2.75, 3.05) is 0 Å². The molecule has 2 aromatic carbocycles. The number of aliphatic hydroxyl groups is 1. The second-order valence-corrected chi connectivity index (χ2v) is 4.67. The van der Waals surface area contributed by atoms with Gasteiger partial charge in [-0.2, -0.15) is 0 Å². The number of aliphatic hydroxyl groups excluding tert-OH is 1. The van der Waals surface area contributed by atoms with Crippen LogP contribution in [-0.2, 0) is 7.05 Å². The van der Waals surface area contributed by atoms with Gasteiger partial charge in [0.25, 0.3) is 0 Å². The first kappa shape index (κ1) is 11.9. The summed E-state index contributed by atoms with van der Waals surface area (Å²) in [5.74, 6) is -0.297. The molecule has 1 aromatic heterocycles. The lowest BCUT2D eigenvalue weighted by atomic mass is 10.0. The molecule has 96 valence electrons. The van der Waals surface area contributed by atoms with Crippen LogP contribution in [0.4, 0.5) is 4.39 Å². The lowest BCUT2D eigenvalue weighted by molar-refractivity contribution is 0.221. The molecular weight excluding hydrogens is 241 g/mol. The molecule has 0 aliphatic rings. The largest absolute Gasteiger partial charge is 0.384 e. The van der Waals surface area contributed by atoms with Gasteiger partial charge in [0.2, 0.25) is 0 Å². The molecule has 0 amide bonds. The number of hydrogen-bond donors (Lipinski definition) is 1. The van der Waals surface area contributed by atoms with Crippen LogP contribution in [0.5, 0.6) is 0 Å². The van der Waals surface area contributed by atoms with Gasteiger partial charge >= 0.3 is 0 Å². The number of hydrogen-bond acceptors (Lipinski definition) is 1. The van der Waals surface area contributed by atoms with Crippen molar-refractivity contribution < 1.29 is 9.50 Å². The standard InChI is InChI=1S/C16H14FNO/c1-18-10-14(13-4-2-3-5-15(13)18)16(19)11-6-8-12(17)9-7-11/h2-10,16,19H,1H3. The van der Waals surface area contributed by atoms with Crippen LogP contribution in [0, 0.1) is 5.82 Å². The van der Waals surface area contributed by atoms with E-state index in [-0.39, 0.29) is 5.82 Å². The zero-order chi connectivity index (χ0) is 13.4. The summed E-state index contributed by atoms with van der Waals surface area (Å²) in [6, 6.07) is 13.9. The Morgan fingerprint density at radius 1 is 1.05 bits per heavy atom. The van der Waals surface area contributed by atoms with Gasteiger partial charge in [-0.1, -0.05) is 30.3 Å². The highest BCUT2D eigenvalue weighted by atomic mass is 19.1. The van der Waals surface area contributed by atoms with E-state index >= 15 is 0 Å². The van der Waals surface area contributed by atoms with Gasteiger partial charge < -0.3 is 9.67 Å². The molecule has 3 rings (SSSR count). The smallest absolute Gasteiger partial charge is 0.123 e. The van der Waals surface area contributed by atoms with E-state index in [2.05, 4.69) is 0 Å². The number of benzene rings is 2. The van der Waals surface area contributed by atoms with Crippen LogP contribution in [0.25, 0.3) is 10.9 Å². The Bertz CT molecular complexity index is 715. The molecule has 1 atom stereocenters. The van der Waals surface area contributed by atoms with Gasteiger partial charge in [0.05, 0.1) is 0 Å². The van der Waals surface area contributed by atoms with Crippen molar-refractivity contribution in [3.63, 3.8) is 0 Å². The minimum atomic E-state index is -0.744. The quantitative estimate of drug-likeness (QED) is 0.746. The Morgan fingerprint density at radius 3 is 2.47 bits per heavy atom. The van der Waals surface area contributed by atoms with Crippen LogP contribution in [0.15, 0.2) is 54.7 Å². The Balaban J connectivity index is 2.11. The van der Waals surface area contributed by atoms with Crippen molar-refractivity contribution in [2.24, 2.45) is 7.05 Å². The maximum Gasteiger partial charge on any atom is 0.123 e. The van der Waals surface area contributed by atoms with Crippen LogP contribution in [-0.4, -0.2) is 9.67 Å². The fourth-order valence-electron chi connectivity index (χ4n) is 2.42. The molecule has 0 bridgehead atoms. The van der Waals surface area contributed by atoms with Gasteiger partial charge in [-0.25, -0.2) is 4.39 Å². The monoisotopic (exact) mass is 255 g/mol. The number of nitrogens with zero attached hydrogens (tertiary/aromatic N) is 1. The van der Waals surface area contributed by atoms with Crippen molar-refractivity contribution in [3.8, 4) is 0 Å². The third-order valence-electron chi connectivity index (χ3n) is 3.41. The van der Waals surface area contributed by atoms with Gasteiger partial charge in [-0.15, -0.1) is 0 Å². The molecule has 0 saturated heterocycles. The normalized spacial score (nSPS) is 12.8. The minimum absolute atomic E-state index is 0.297. The minimum Gasteiger partial charge on any atom is -0.384 e. The van der Waals surface area contributed by atoms with E-state index < -0.39 is 6.10 Å². The number of fused-ring (bicyclic) bond motifs is 1. The van der Waals surface area contributed by atoms with Crippen LogP contribution >= 0.6 is 0 Å². The first-order chi connectivity index (χ1) is 9.16. The van der Waals surface area contributed by atoms with Crippen LogP contribution < -0.4 is 0 Å². The third kappa shape index (κ3) is 2.02. The van der Waals surface area contributed by atoms with Crippen molar-refractivity contribution in [2.45, 2.75) is 6.10 Å². The van der Waals surface area contributed by atoms with Gasteiger partial charge in [0.1, 0.15) is 11.9 Å². The number of para-hydroxylation sites is 1. The topological polar surface area (TPSA) is 25.2 Å². The summed E-state index contributed by atoms with van der Waals surface area (Å²) in [6.07, 6.45) is 1.17. The maximum absolute atomic E-state index is 12.9. The Labute approximate surface area is 110 Å². The van der Waals surface area contributed by atoms with Gasteiger partial charge in [-0.05, 0) is 23.8 Å². The molecule has 3 heteroatoms. The second-order valence-electron chi connectivity index (χ2n) is 4.67. The third-order valence-corrected chi connectivity index (χ3v) is 3.41. The summed E-state index contributed by atoms with van der Waals surface area (Å²) in [7, 11) is 1.95.